The SMILES string of the molecule is CCn1nnc2cc(C(=O)O[C@@H](C)C(=O)NCCc3ccccc3)ccc21. The second-order valence-corrected chi connectivity index (χ2v) is 6.18. The first-order chi connectivity index (χ1) is 13.1. The summed E-state index contributed by atoms with van der Waals surface area (Å²) in [5, 5.41) is 10.8. The highest BCUT2D eigenvalue weighted by Crippen LogP contribution is 2.15. The maximum absolute atomic E-state index is 12.3. The summed E-state index contributed by atoms with van der Waals surface area (Å²) in [7, 11) is 0. The summed E-state index contributed by atoms with van der Waals surface area (Å²) < 4.78 is 7.02. The minimum absolute atomic E-state index is 0.322. The van der Waals surface area contributed by atoms with E-state index in [0.29, 0.717) is 24.2 Å². The molecule has 3 rings (SSSR count). The van der Waals surface area contributed by atoms with Crippen LogP contribution >= 0.6 is 0 Å². The zero-order valence-electron chi connectivity index (χ0n) is 15.4. The first-order valence-corrected chi connectivity index (χ1v) is 8.94. The number of amides is 1. The monoisotopic (exact) mass is 366 g/mol. The third kappa shape index (κ3) is 4.49. The number of carbonyl (C=O) groups is 2. The molecule has 1 atom stereocenters. The number of hydrogen-bond donors (Lipinski definition) is 1. The first-order valence-electron chi connectivity index (χ1n) is 8.94. The molecule has 3 aromatic rings. The zero-order chi connectivity index (χ0) is 19.2. The maximum atomic E-state index is 12.3. The van der Waals surface area contributed by atoms with Crippen LogP contribution in [-0.2, 0) is 22.5 Å². The Morgan fingerprint density at radius 3 is 2.70 bits per heavy atom. The lowest BCUT2D eigenvalue weighted by atomic mass is 10.1. The van der Waals surface area contributed by atoms with Gasteiger partial charge in [-0.25, -0.2) is 9.48 Å². The Kier molecular flexibility index (Phi) is 5.80. The van der Waals surface area contributed by atoms with E-state index in [1.165, 1.54) is 0 Å². The van der Waals surface area contributed by atoms with E-state index < -0.39 is 12.1 Å². The Morgan fingerprint density at radius 1 is 1.19 bits per heavy atom. The number of nitrogens with one attached hydrogen (secondary N) is 1. The molecule has 0 unspecified atom stereocenters. The molecule has 1 aromatic heterocycles. The molecule has 0 saturated carbocycles. The van der Waals surface area contributed by atoms with Crippen LogP contribution in [0.4, 0.5) is 0 Å². The molecule has 140 valence electrons. The van der Waals surface area contributed by atoms with Crippen LogP contribution in [0.25, 0.3) is 11.0 Å². The summed E-state index contributed by atoms with van der Waals surface area (Å²) in [5.41, 5.74) is 2.94. The second kappa shape index (κ2) is 8.44. The molecule has 0 aliphatic heterocycles. The minimum Gasteiger partial charge on any atom is -0.449 e. The van der Waals surface area contributed by atoms with Gasteiger partial charge in [0.25, 0.3) is 5.91 Å². The number of aryl methyl sites for hydroxylation is 1. The van der Waals surface area contributed by atoms with Gasteiger partial charge in [-0.2, -0.15) is 0 Å². The molecule has 1 N–H and O–H groups in total. The smallest absolute Gasteiger partial charge is 0.338 e. The fourth-order valence-electron chi connectivity index (χ4n) is 2.73. The summed E-state index contributed by atoms with van der Waals surface area (Å²) >= 11 is 0. The van der Waals surface area contributed by atoms with Crippen molar-refractivity contribution in [3.05, 3.63) is 59.7 Å². The van der Waals surface area contributed by atoms with Crippen molar-refractivity contribution in [3.63, 3.8) is 0 Å². The van der Waals surface area contributed by atoms with Crippen LogP contribution in [-0.4, -0.2) is 39.5 Å². The fraction of sp³-hybridized carbons (Fsp3) is 0.300. The van der Waals surface area contributed by atoms with Gasteiger partial charge in [0.15, 0.2) is 6.10 Å². The first kappa shape index (κ1) is 18.6. The lowest BCUT2D eigenvalue weighted by Gasteiger charge is -2.13. The van der Waals surface area contributed by atoms with Crippen molar-refractivity contribution in [2.45, 2.75) is 32.9 Å². The van der Waals surface area contributed by atoms with Crippen LogP contribution in [0.1, 0.15) is 29.8 Å². The molecule has 1 amide bonds. The van der Waals surface area contributed by atoms with E-state index in [1.54, 1.807) is 29.8 Å². The molecule has 0 bridgehead atoms. The number of rotatable bonds is 7. The fourth-order valence-corrected chi connectivity index (χ4v) is 2.73. The molecule has 0 spiro atoms. The van der Waals surface area contributed by atoms with Gasteiger partial charge in [-0.15, -0.1) is 5.10 Å². The van der Waals surface area contributed by atoms with Gasteiger partial charge in [0.05, 0.1) is 11.1 Å². The minimum atomic E-state index is -0.879. The Bertz CT molecular complexity index is 937. The van der Waals surface area contributed by atoms with Gasteiger partial charge < -0.3 is 10.1 Å². The van der Waals surface area contributed by atoms with E-state index in [-0.39, 0.29) is 5.91 Å². The zero-order valence-corrected chi connectivity index (χ0v) is 15.4. The maximum Gasteiger partial charge on any atom is 0.338 e. The molecule has 7 heteroatoms. The van der Waals surface area contributed by atoms with Crippen LogP contribution in [0.3, 0.4) is 0 Å². The van der Waals surface area contributed by atoms with Crippen LogP contribution in [0.5, 0.6) is 0 Å². The summed E-state index contributed by atoms with van der Waals surface area (Å²) in [4.78, 5) is 24.5. The highest BCUT2D eigenvalue weighted by Gasteiger charge is 2.19. The van der Waals surface area contributed by atoms with Gasteiger partial charge in [0, 0.05) is 13.1 Å². The molecule has 27 heavy (non-hydrogen) atoms. The quantitative estimate of drug-likeness (QED) is 0.649. The van der Waals surface area contributed by atoms with Crippen LogP contribution in [0, 0.1) is 0 Å². The molecule has 7 nitrogen and oxygen atoms in total. The molecule has 0 aliphatic carbocycles. The van der Waals surface area contributed by atoms with Crippen LogP contribution in [0.15, 0.2) is 48.5 Å². The molecule has 0 fully saturated rings. The standard InChI is InChI=1S/C20H22N4O3/c1-3-24-18-10-9-16(13-17(18)22-23-24)20(26)27-14(2)19(25)21-12-11-15-7-5-4-6-8-15/h4-10,13-14H,3,11-12H2,1-2H3,(H,21,25)/t14-/m0/s1. The summed E-state index contributed by atoms with van der Waals surface area (Å²) in [6.07, 6.45) is -0.160. The van der Waals surface area contributed by atoms with Crippen LogP contribution < -0.4 is 5.32 Å². The second-order valence-electron chi connectivity index (χ2n) is 6.18. The number of nitrogens with zero attached hydrogens (tertiary/aromatic N) is 3. The Labute approximate surface area is 157 Å². The highest BCUT2D eigenvalue weighted by atomic mass is 16.5. The van der Waals surface area contributed by atoms with E-state index in [4.69, 9.17) is 4.74 Å². The van der Waals surface area contributed by atoms with Crippen molar-refractivity contribution in [1.82, 2.24) is 20.3 Å². The normalized spacial score (nSPS) is 11.9. The summed E-state index contributed by atoms with van der Waals surface area (Å²) in [5.74, 6) is -0.883. The molecule has 1 heterocycles. The Balaban J connectivity index is 1.54. The van der Waals surface area contributed by atoms with E-state index in [0.717, 1.165) is 17.5 Å². The molecular weight excluding hydrogens is 344 g/mol. The highest BCUT2D eigenvalue weighted by molar-refractivity contribution is 5.95. The van der Waals surface area contributed by atoms with Gasteiger partial charge in [0.2, 0.25) is 0 Å². The number of ether oxygens (including phenoxy) is 1. The number of benzene rings is 2. The largest absolute Gasteiger partial charge is 0.449 e. The van der Waals surface area contributed by atoms with Crippen molar-refractivity contribution in [2.24, 2.45) is 0 Å². The van der Waals surface area contributed by atoms with Gasteiger partial charge in [-0.1, -0.05) is 35.5 Å². The molecule has 2 aromatic carbocycles. The van der Waals surface area contributed by atoms with E-state index in [2.05, 4.69) is 15.6 Å². The van der Waals surface area contributed by atoms with Crippen molar-refractivity contribution in [3.8, 4) is 0 Å². The average Bonchev–Trinajstić information content (AvgIpc) is 3.11. The van der Waals surface area contributed by atoms with Gasteiger partial charge in [-0.3, -0.25) is 4.79 Å². The summed E-state index contributed by atoms with van der Waals surface area (Å²) in [6, 6.07) is 14.9. The van der Waals surface area contributed by atoms with Crippen molar-refractivity contribution in [2.75, 3.05) is 6.54 Å². The Morgan fingerprint density at radius 2 is 1.96 bits per heavy atom. The van der Waals surface area contributed by atoms with Crippen molar-refractivity contribution >= 4 is 22.9 Å². The number of carbonyl (C=O) groups excluding carboxylic acids is 2. The molecular formula is C20H22N4O3. The number of fused-ring (bicyclic) bond motifs is 1. The number of aromatic nitrogens is 3. The molecule has 0 aliphatic rings. The lowest BCUT2D eigenvalue weighted by Crippen LogP contribution is -2.36. The third-order valence-corrected chi connectivity index (χ3v) is 4.26. The van der Waals surface area contributed by atoms with Crippen molar-refractivity contribution < 1.29 is 14.3 Å². The van der Waals surface area contributed by atoms with Gasteiger partial charge in [0.1, 0.15) is 5.52 Å². The predicted molar refractivity (Wildman–Crippen MR) is 101 cm³/mol. The molecule has 0 saturated heterocycles. The number of hydrogen-bond acceptors (Lipinski definition) is 5. The van der Waals surface area contributed by atoms with E-state index >= 15 is 0 Å². The lowest BCUT2D eigenvalue weighted by molar-refractivity contribution is -0.129. The number of esters is 1. The van der Waals surface area contributed by atoms with E-state index in [9.17, 15) is 9.59 Å². The van der Waals surface area contributed by atoms with Crippen molar-refractivity contribution in [1.29, 1.82) is 0 Å². The third-order valence-electron chi connectivity index (χ3n) is 4.26. The summed E-state index contributed by atoms with van der Waals surface area (Å²) in [6.45, 7) is 4.70. The van der Waals surface area contributed by atoms with Gasteiger partial charge in [-0.05, 0) is 44.0 Å². The predicted octanol–water partition coefficient (Wildman–Crippen LogP) is 2.36. The molecule has 0 radical (unpaired) electrons. The average molecular weight is 366 g/mol. The van der Waals surface area contributed by atoms with Gasteiger partial charge >= 0.3 is 5.97 Å². The van der Waals surface area contributed by atoms with E-state index in [1.807, 2.05) is 37.3 Å². The topological polar surface area (TPSA) is 86.1 Å². The Hall–Kier alpha value is -3.22. The van der Waals surface area contributed by atoms with Crippen LogP contribution in [0.2, 0.25) is 0 Å².